The van der Waals surface area contributed by atoms with E-state index in [0.29, 0.717) is 5.02 Å². The van der Waals surface area contributed by atoms with Crippen LogP contribution in [0.15, 0.2) is 36.9 Å². The highest BCUT2D eigenvalue weighted by Crippen LogP contribution is 2.24. The number of hydrogen-bond acceptors (Lipinski definition) is 2. The van der Waals surface area contributed by atoms with E-state index in [1.807, 2.05) is 24.5 Å². The average molecular weight is 219 g/mol. The average Bonchev–Trinajstić information content (AvgIpc) is 2.88. The molecule has 3 heterocycles. The number of rotatable bonds is 1. The van der Waals surface area contributed by atoms with Crippen LogP contribution in [0.2, 0.25) is 5.02 Å². The fourth-order valence-electron chi connectivity index (χ4n) is 1.55. The van der Waals surface area contributed by atoms with Gasteiger partial charge >= 0.3 is 0 Å². The van der Waals surface area contributed by atoms with Gasteiger partial charge in [-0.3, -0.25) is 5.10 Å². The maximum Gasteiger partial charge on any atom is 0.0848 e. The van der Waals surface area contributed by atoms with Gasteiger partial charge in [0.1, 0.15) is 0 Å². The van der Waals surface area contributed by atoms with E-state index in [9.17, 15) is 0 Å². The van der Waals surface area contributed by atoms with Gasteiger partial charge in [-0.05, 0) is 12.1 Å². The molecule has 0 spiro atoms. The van der Waals surface area contributed by atoms with Crippen molar-refractivity contribution in [1.29, 1.82) is 0 Å². The van der Waals surface area contributed by atoms with Crippen molar-refractivity contribution in [3.63, 3.8) is 0 Å². The molecule has 3 aromatic rings. The van der Waals surface area contributed by atoms with Crippen LogP contribution in [0.4, 0.5) is 0 Å². The van der Waals surface area contributed by atoms with Gasteiger partial charge in [0.25, 0.3) is 0 Å². The van der Waals surface area contributed by atoms with E-state index in [0.717, 1.165) is 16.6 Å². The summed E-state index contributed by atoms with van der Waals surface area (Å²) in [6, 6.07) is 3.78. The van der Waals surface area contributed by atoms with E-state index in [-0.39, 0.29) is 0 Å². The standard InChI is InChI=1S/C10H7ClN4/c11-9-3-7(8-4-12-13-5-8)6-15-10(9)1-2-14-15/h1-6H,(H,12,13). The van der Waals surface area contributed by atoms with Crippen molar-refractivity contribution in [1.82, 2.24) is 19.8 Å². The second-order valence-electron chi connectivity index (χ2n) is 3.22. The summed E-state index contributed by atoms with van der Waals surface area (Å²) < 4.78 is 1.75. The second-order valence-corrected chi connectivity index (χ2v) is 3.63. The molecular weight excluding hydrogens is 212 g/mol. The first kappa shape index (κ1) is 8.49. The third-order valence-electron chi connectivity index (χ3n) is 2.29. The first-order valence-corrected chi connectivity index (χ1v) is 4.84. The molecule has 3 rings (SSSR count). The Kier molecular flexibility index (Phi) is 1.76. The minimum atomic E-state index is 0.686. The molecule has 4 nitrogen and oxygen atoms in total. The van der Waals surface area contributed by atoms with E-state index in [1.165, 1.54) is 0 Å². The van der Waals surface area contributed by atoms with Gasteiger partial charge in [0, 0.05) is 23.5 Å². The lowest BCUT2D eigenvalue weighted by molar-refractivity contribution is 0.963. The Bertz CT molecular complexity index is 597. The topological polar surface area (TPSA) is 46.0 Å². The molecule has 0 aliphatic heterocycles. The summed E-state index contributed by atoms with van der Waals surface area (Å²) >= 11 is 6.13. The molecule has 0 saturated heterocycles. The van der Waals surface area contributed by atoms with Gasteiger partial charge in [0.15, 0.2) is 0 Å². The minimum Gasteiger partial charge on any atom is -0.285 e. The summed E-state index contributed by atoms with van der Waals surface area (Å²) in [7, 11) is 0. The Morgan fingerprint density at radius 3 is 3.07 bits per heavy atom. The lowest BCUT2D eigenvalue weighted by Crippen LogP contribution is -1.88. The van der Waals surface area contributed by atoms with Gasteiger partial charge in [-0.1, -0.05) is 11.6 Å². The fraction of sp³-hybridized carbons (Fsp3) is 0. The lowest BCUT2D eigenvalue weighted by Gasteiger charge is -2.01. The van der Waals surface area contributed by atoms with Gasteiger partial charge in [-0.2, -0.15) is 10.2 Å². The number of aromatic amines is 1. The summed E-state index contributed by atoms with van der Waals surface area (Å²) in [5, 5.41) is 11.5. The smallest absolute Gasteiger partial charge is 0.0848 e. The maximum atomic E-state index is 6.13. The van der Waals surface area contributed by atoms with E-state index < -0.39 is 0 Å². The molecule has 15 heavy (non-hydrogen) atoms. The fourth-order valence-corrected chi connectivity index (χ4v) is 1.82. The van der Waals surface area contributed by atoms with Crippen LogP contribution in [0.1, 0.15) is 0 Å². The number of fused-ring (bicyclic) bond motifs is 1. The predicted molar refractivity (Wildman–Crippen MR) is 57.8 cm³/mol. The summed E-state index contributed by atoms with van der Waals surface area (Å²) in [4.78, 5) is 0. The summed E-state index contributed by atoms with van der Waals surface area (Å²) in [6.45, 7) is 0. The van der Waals surface area contributed by atoms with Crippen LogP contribution in [0.25, 0.3) is 16.6 Å². The molecule has 0 saturated carbocycles. The van der Waals surface area contributed by atoms with Crippen molar-refractivity contribution in [3.05, 3.63) is 41.9 Å². The van der Waals surface area contributed by atoms with E-state index in [1.54, 1.807) is 16.9 Å². The van der Waals surface area contributed by atoms with Crippen molar-refractivity contribution in [2.24, 2.45) is 0 Å². The van der Waals surface area contributed by atoms with E-state index in [4.69, 9.17) is 11.6 Å². The van der Waals surface area contributed by atoms with Gasteiger partial charge in [0.05, 0.1) is 22.9 Å². The summed E-state index contributed by atoms with van der Waals surface area (Å²) in [5.41, 5.74) is 2.89. The second kappa shape index (κ2) is 3.10. The van der Waals surface area contributed by atoms with E-state index >= 15 is 0 Å². The molecule has 74 valence electrons. The molecule has 3 aromatic heterocycles. The SMILES string of the molecule is Clc1cc(-c2cn[nH]c2)cn2nccc12. The number of nitrogens with zero attached hydrogens (tertiary/aromatic N) is 3. The van der Waals surface area contributed by atoms with Crippen molar-refractivity contribution in [3.8, 4) is 11.1 Å². The third kappa shape index (κ3) is 1.30. The summed E-state index contributed by atoms with van der Waals surface area (Å²) in [6.07, 6.45) is 7.22. The van der Waals surface area contributed by atoms with Gasteiger partial charge in [-0.25, -0.2) is 4.52 Å². The molecule has 0 aliphatic carbocycles. The van der Waals surface area contributed by atoms with Crippen LogP contribution < -0.4 is 0 Å². The Labute approximate surface area is 90.5 Å². The molecule has 0 aliphatic rings. The van der Waals surface area contributed by atoms with Crippen LogP contribution in [0.3, 0.4) is 0 Å². The Morgan fingerprint density at radius 2 is 2.27 bits per heavy atom. The molecule has 0 bridgehead atoms. The number of nitrogens with one attached hydrogen (secondary N) is 1. The molecule has 0 aromatic carbocycles. The van der Waals surface area contributed by atoms with Crippen molar-refractivity contribution in [2.45, 2.75) is 0 Å². The van der Waals surface area contributed by atoms with Crippen LogP contribution in [0, 0.1) is 0 Å². The number of H-pyrrole nitrogens is 1. The van der Waals surface area contributed by atoms with Crippen LogP contribution >= 0.6 is 11.6 Å². The minimum absolute atomic E-state index is 0.686. The monoisotopic (exact) mass is 218 g/mol. The molecule has 0 atom stereocenters. The molecule has 0 radical (unpaired) electrons. The molecule has 1 N–H and O–H groups in total. The van der Waals surface area contributed by atoms with Gasteiger partial charge in [0.2, 0.25) is 0 Å². The zero-order valence-corrected chi connectivity index (χ0v) is 8.44. The highest BCUT2D eigenvalue weighted by atomic mass is 35.5. The molecule has 5 heteroatoms. The quantitative estimate of drug-likeness (QED) is 0.682. The first-order chi connectivity index (χ1) is 7.34. The zero-order valence-electron chi connectivity index (χ0n) is 7.68. The number of pyridine rings is 1. The highest BCUT2D eigenvalue weighted by Gasteiger charge is 2.05. The highest BCUT2D eigenvalue weighted by molar-refractivity contribution is 6.34. The maximum absolute atomic E-state index is 6.13. The third-order valence-corrected chi connectivity index (χ3v) is 2.59. The number of aromatic nitrogens is 4. The van der Waals surface area contributed by atoms with Crippen molar-refractivity contribution < 1.29 is 0 Å². The van der Waals surface area contributed by atoms with Crippen LogP contribution in [0.5, 0.6) is 0 Å². The molecule has 0 unspecified atom stereocenters. The molecular formula is C10H7ClN4. The van der Waals surface area contributed by atoms with Crippen LogP contribution in [-0.4, -0.2) is 19.8 Å². The van der Waals surface area contributed by atoms with Crippen LogP contribution in [-0.2, 0) is 0 Å². The predicted octanol–water partition coefficient (Wildman–Crippen LogP) is 2.38. The zero-order chi connectivity index (χ0) is 10.3. The largest absolute Gasteiger partial charge is 0.285 e. The molecule has 0 fully saturated rings. The van der Waals surface area contributed by atoms with Gasteiger partial charge < -0.3 is 0 Å². The van der Waals surface area contributed by atoms with Crippen molar-refractivity contribution in [2.75, 3.05) is 0 Å². The number of hydrogen-bond donors (Lipinski definition) is 1. The summed E-state index contributed by atoms with van der Waals surface area (Å²) in [5.74, 6) is 0. The molecule has 0 amide bonds. The van der Waals surface area contributed by atoms with Gasteiger partial charge in [-0.15, -0.1) is 0 Å². The number of halogens is 1. The normalized spacial score (nSPS) is 11.0. The van der Waals surface area contributed by atoms with E-state index in [2.05, 4.69) is 15.3 Å². The first-order valence-electron chi connectivity index (χ1n) is 4.46. The Morgan fingerprint density at radius 1 is 1.33 bits per heavy atom. The lowest BCUT2D eigenvalue weighted by atomic mass is 10.1. The Hall–Kier alpha value is -1.81. The van der Waals surface area contributed by atoms with Crippen molar-refractivity contribution >= 4 is 17.1 Å². The Balaban J connectivity index is 2.29.